The number of rotatable bonds is 2. The fourth-order valence-electron chi connectivity index (χ4n) is 5.72. The molecule has 1 amide bonds. The predicted molar refractivity (Wildman–Crippen MR) is 139 cm³/mol. The van der Waals surface area contributed by atoms with Crippen LogP contribution in [0.25, 0.3) is 10.8 Å². The van der Waals surface area contributed by atoms with E-state index in [0.29, 0.717) is 12.0 Å². The topological polar surface area (TPSA) is 60.4 Å². The zero-order valence-electron chi connectivity index (χ0n) is 21.8. The van der Waals surface area contributed by atoms with E-state index in [1.54, 1.807) is 0 Å². The van der Waals surface area contributed by atoms with Gasteiger partial charge in [-0.2, -0.15) is 0 Å². The zero-order chi connectivity index (χ0) is 24.9. The Labute approximate surface area is 208 Å². The second kappa shape index (κ2) is 7.33. The van der Waals surface area contributed by atoms with Crippen LogP contribution >= 0.6 is 0 Å². The van der Waals surface area contributed by atoms with Gasteiger partial charge < -0.3 is 14.0 Å². The highest BCUT2D eigenvalue weighted by molar-refractivity contribution is 6.62. The lowest BCUT2D eigenvalue weighted by Crippen LogP contribution is -2.45. The number of ether oxygens (including phenoxy) is 1. The standard InChI is InChI=1S/C28H35BN2O4/c1-26(2,3)33-25(32)31-23-13-17(23)14-24(31)22-15-20-19-10-9-18(12-16(19)8-11-21(20)30-22)29-34-27(4,5)28(6,7)35-29/h8-12,17,23-24H,13-15H2,1-7H3/t17-,23-,24+/m1/s1. The minimum atomic E-state index is -0.500. The number of fused-ring (bicyclic) bond motifs is 4. The molecule has 6 nitrogen and oxygen atoms in total. The maximum atomic E-state index is 13.0. The van der Waals surface area contributed by atoms with Crippen LogP contribution in [0.4, 0.5) is 10.5 Å². The van der Waals surface area contributed by atoms with Crippen LogP contribution in [-0.4, -0.2) is 52.7 Å². The van der Waals surface area contributed by atoms with Gasteiger partial charge in [-0.3, -0.25) is 9.89 Å². The molecular weight excluding hydrogens is 439 g/mol. The molecular formula is C28H35BN2O4. The van der Waals surface area contributed by atoms with Crippen LogP contribution in [0.1, 0.15) is 66.9 Å². The van der Waals surface area contributed by atoms with Crippen molar-refractivity contribution in [1.29, 1.82) is 0 Å². The summed E-state index contributed by atoms with van der Waals surface area (Å²) in [5, 5.41) is 2.36. The molecule has 0 bridgehead atoms. The monoisotopic (exact) mass is 474 g/mol. The van der Waals surface area contributed by atoms with Crippen molar-refractivity contribution < 1.29 is 18.8 Å². The molecule has 3 atom stereocenters. The van der Waals surface area contributed by atoms with Gasteiger partial charge in [0.2, 0.25) is 0 Å². The van der Waals surface area contributed by atoms with E-state index in [1.165, 1.54) is 10.9 Å². The maximum absolute atomic E-state index is 13.0. The van der Waals surface area contributed by atoms with Crippen molar-refractivity contribution >= 4 is 40.8 Å². The molecule has 1 saturated carbocycles. The molecule has 184 valence electrons. The van der Waals surface area contributed by atoms with Gasteiger partial charge in [0.1, 0.15) is 5.60 Å². The first-order valence-corrected chi connectivity index (χ1v) is 12.8. The molecule has 0 unspecified atom stereocenters. The Morgan fingerprint density at radius 3 is 2.49 bits per heavy atom. The van der Waals surface area contributed by atoms with Crippen molar-refractivity contribution in [3.8, 4) is 0 Å². The van der Waals surface area contributed by atoms with Gasteiger partial charge in [-0.15, -0.1) is 0 Å². The van der Waals surface area contributed by atoms with Crippen molar-refractivity contribution in [2.24, 2.45) is 10.9 Å². The Morgan fingerprint density at radius 1 is 1.09 bits per heavy atom. The number of carbonyl (C=O) groups excluding carboxylic acids is 1. The van der Waals surface area contributed by atoms with Gasteiger partial charge in [0, 0.05) is 18.2 Å². The van der Waals surface area contributed by atoms with E-state index in [-0.39, 0.29) is 30.5 Å². The third-order valence-corrected chi connectivity index (χ3v) is 8.37. The fraction of sp³-hybridized carbons (Fsp3) is 0.571. The Balaban J connectivity index is 1.25. The average Bonchev–Trinajstić information content (AvgIpc) is 3.12. The number of likely N-dealkylation sites (tertiary alicyclic amines) is 1. The van der Waals surface area contributed by atoms with E-state index in [4.69, 9.17) is 19.0 Å². The summed E-state index contributed by atoms with van der Waals surface area (Å²) in [6.07, 6.45) is 2.64. The van der Waals surface area contributed by atoms with Gasteiger partial charge in [0.05, 0.1) is 22.9 Å². The van der Waals surface area contributed by atoms with Crippen molar-refractivity contribution in [3.05, 3.63) is 35.9 Å². The van der Waals surface area contributed by atoms with Gasteiger partial charge in [-0.1, -0.05) is 24.3 Å². The van der Waals surface area contributed by atoms with E-state index in [1.807, 2.05) is 25.7 Å². The highest BCUT2D eigenvalue weighted by Crippen LogP contribution is 2.50. The summed E-state index contributed by atoms with van der Waals surface area (Å²) in [6, 6.07) is 11.0. The molecule has 2 aromatic rings. The van der Waals surface area contributed by atoms with E-state index in [9.17, 15) is 4.79 Å². The average molecular weight is 474 g/mol. The molecule has 3 aliphatic heterocycles. The molecule has 2 saturated heterocycles. The van der Waals surface area contributed by atoms with Crippen LogP contribution in [0, 0.1) is 5.92 Å². The molecule has 7 heteroatoms. The van der Waals surface area contributed by atoms with Gasteiger partial charge in [-0.25, -0.2) is 4.79 Å². The Kier molecular flexibility index (Phi) is 4.83. The van der Waals surface area contributed by atoms with Crippen LogP contribution in [0.15, 0.2) is 35.3 Å². The molecule has 0 N–H and O–H groups in total. The number of benzene rings is 2. The Morgan fingerprint density at radius 2 is 1.80 bits per heavy atom. The van der Waals surface area contributed by atoms with Crippen LogP contribution in [-0.2, 0) is 20.5 Å². The summed E-state index contributed by atoms with van der Waals surface area (Å²) in [6.45, 7) is 14.1. The van der Waals surface area contributed by atoms with Crippen LogP contribution in [0.3, 0.4) is 0 Å². The first kappa shape index (κ1) is 23.0. The minimum absolute atomic E-state index is 0.0278. The molecule has 35 heavy (non-hydrogen) atoms. The summed E-state index contributed by atoms with van der Waals surface area (Å²) in [7, 11) is -0.378. The Hall–Kier alpha value is -2.38. The predicted octanol–water partition coefficient (Wildman–Crippen LogP) is 5.17. The van der Waals surface area contributed by atoms with Crippen LogP contribution in [0.2, 0.25) is 0 Å². The summed E-state index contributed by atoms with van der Waals surface area (Å²) in [4.78, 5) is 20.0. The number of amides is 1. The first-order valence-electron chi connectivity index (χ1n) is 12.8. The quantitative estimate of drug-likeness (QED) is 0.564. The third-order valence-electron chi connectivity index (χ3n) is 8.37. The SMILES string of the molecule is CC(C)(C)OC(=O)N1[C@@H]2C[C@@H]2C[C@H]1C1=Nc2ccc3cc(B4OC(C)(C)C(C)(C)O4)ccc3c2C1. The van der Waals surface area contributed by atoms with Crippen molar-refractivity contribution in [3.63, 3.8) is 0 Å². The van der Waals surface area contributed by atoms with Crippen LogP contribution < -0.4 is 5.46 Å². The highest BCUT2D eigenvalue weighted by atomic mass is 16.7. The number of hydrogen-bond acceptors (Lipinski definition) is 5. The number of piperidine rings is 1. The van der Waals surface area contributed by atoms with Crippen molar-refractivity contribution in [2.75, 3.05) is 0 Å². The van der Waals surface area contributed by atoms with Gasteiger partial charge >= 0.3 is 13.2 Å². The lowest BCUT2D eigenvalue weighted by Gasteiger charge is -2.32. The number of carbonyl (C=O) groups is 1. The molecule has 4 aliphatic rings. The number of aliphatic imine (C=N–C) groups is 1. The fourth-order valence-corrected chi connectivity index (χ4v) is 5.72. The zero-order valence-corrected chi connectivity index (χ0v) is 21.8. The van der Waals surface area contributed by atoms with E-state index in [0.717, 1.165) is 41.5 Å². The van der Waals surface area contributed by atoms with Gasteiger partial charge in [0.25, 0.3) is 0 Å². The minimum Gasteiger partial charge on any atom is -0.444 e. The summed E-state index contributed by atoms with van der Waals surface area (Å²) >= 11 is 0. The maximum Gasteiger partial charge on any atom is 0.494 e. The number of hydrogen-bond donors (Lipinski definition) is 0. The van der Waals surface area contributed by atoms with E-state index < -0.39 is 5.60 Å². The largest absolute Gasteiger partial charge is 0.494 e. The molecule has 3 fully saturated rings. The van der Waals surface area contributed by atoms with Crippen LogP contribution in [0.5, 0.6) is 0 Å². The third kappa shape index (κ3) is 3.79. The lowest BCUT2D eigenvalue weighted by molar-refractivity contribution is 0.00578. The smallest absolute Gasteiger partial charge is 0.444 e. The van der Waals surface area contributed by atoms with Crippen molar-refractivity contribution in [2.45, 2.75) is 96.6 Å². The van der Waals surface area contributed by atoms with Crippen molar-refractivity contribution in [1.82, 2.24) is 4.90 Å². The molecule has 3 heterocycles. The lowest BCUT2D eigenvalue weighted by atomic mass is 9.78. The molecule has 1 aliphatic carbocycles. The summed E-state index contributed by atoms with van der Waals surface area (Å²) in [5.74, 6) is 0.582. The molecule has 6 rings (SSSR count). The van der Waals surface area contributed by atoms with E-state index >= 15 is 0 Å². The molecule has 2 aromatic carbocycles. The van der Waals surface area contributed by atoms with Gasteiger partial charge in [-0.05, 0) is 95.1 Å². The molecule has 0 aromatic heterocycles. The van der Waals surface area contributed by atoms with E-state index in [2.05, 4.69) is 58.0 Å². The second-order valence-electron chi connectivity index (χ2n) is 12.6. The second-order valence-corrected chi connectivity index (χ2v) is 12.6. The molecule has 0 radical (unpaired) electrons. The molecule has 0 spiro atoms. The summed E-state index contributed by atoms with van der Waals surface area (Å²) in [5.41, 5.74) is 3.14. The highest BCUT2D eigenvalue weighted by Gasteiger charge is 2.56. The number of nitrogens with zero attached hydrogens (tertiary/aromatic N) is 2. The van der Waals surface area contributed by atoms with Gasteiger partial charge in [0.15, 0.2) is 0 Å². The first-order chi connectivity index (χ1) is 16.3. The Bertz CT molecular complexity index is 1250. The normalized spacial score (nSPS) is 28.2. The summed E-state index contributed by atoms with van der Waals surface area (Å²) < 4.78 is 18.3.